The minimum Gasteiger partial charge on any atom is -0.467 e. The molecule has 1 aromatic carbocycles. The minimum absolute atomic E-state index is 0.0611. The number of nitrogens with zero attached hydrogens (tertiary/aromatic N) is 2. The van der Waals surface area contributed by atoms with Gasteiger partial charge in [-0.05, 0) is 17.7 Å². The molecule has 2 aromatic rings. The van der Waals surface area contributed by atoms with Gasteiger partial charge in [0.05, 0.1) is 38.1 Å². The molecule has 132 valence electrons. The molecule has 6 heteroatoms. The lowest BCUT2D eigenvalue weighted by Crippen LogP contribution is -2.50. The largest absolute Gasteiger partial charge is 0.467 e. The lowest BCUT2D eigenvalue weighted by atomic mass is 10.1. The van der Waals surface area contributed by atoms with Crippen LogP contribution in [-0.2, 0) is 17.8 Å². The van der Waals surface area contributed by atoms with Crippen molar-refractivity contribution >= 4 is 6.03 Å². The summed E-state index contributed by atoms with van der Waals surface area (Å²) in [5, 5.41) is 2.92. The van der Waals surface area contributed by atoms with Gasteiger partial charge in [0.2, 0.25) is 0 Å². The van der Waals surface area contributed by atoms with Gasteiger partial charge in [-0.1, -0.05) is 30.3 Å². The van der Waals surface area contributed by atoms with Crippen molar-refractivity contribution in [1.29, 1.82) is 0 Å². The highest BCUT2D eigenvalue weighted by atomic mass is 16.5. The van der Waals surface area contributed by atoms with Gasteiger partial charge in [0.15, 0.2) is 0 Å². The van der Waals surface area contributed by atoms with E-state index in [4.69, 9.17) is 9.15 Å². The van der Waals surface area contributed by atoms with Crippen LogP contribution in [0.25, 0.3) is 0 Å². The fourth-order valence-corrected chi connectivity index (χ4v) is 3.63. The van der Waals surface area contributed by atoms with Crippen molar-refractivity contribution in [2.75, 3.05) is 26.2 Å². The van der Waals surface area contributed by atoms with E-state index in [9.17, 15) is 4.79 Å². The first-order valence-corrected chi connectivity index (χ1v) is 8.74. The Hall–Kier alpha value is -2.31. The molecular weight excluding hydrogens is 318 g/mol. The molecule has 2 amide bonds. The molecule has 0 unspecified atom stereocenters. The van der Waals surface area contributed by atoms with E-state index in [2.05, 4.69) is 34.5 Å². The molecular formula is C19H23N3O3. The molecule has 1 aromatic heterocycles. The number of amides is 2. The zero-order valence-corrected chi connectivity index (χ0v) is 14.1. The van der Waals surface area contributed by atoms with Crippen molar-refractivity contribution in [1.82, 2.24) is 15.1 Å². The van der Waals surface area contributed by atoms with Crippen molar-refractivity contribution in [2.24, 2.45) is 0 Å². The molecule has 4 rings (SSSR count). The van der Waals surface area contributed by atoms with E-state index in [0.717, 1.165) is 25.5 Å². The quantitative estimate of drug-likeness (QED) is 0.925. The number of hydrogen-bond donors (Lipinski definition) is 1. The molecule has 2 aliphatic heterocycles. The van der Waals surface area contributed by atoms with Crippen molar-refractivity contribution in [3.8, 4) is 0 Å². The summed E-state index contributed by atoms with van der Waals surface area (Å²) < 4.78 is 11.2. The maximum absolute atomic E-state index is 12.4. The van der Waals surface area contributed by atoms with Gasteiger partial charge in [-0.2, -0.15) is 0 Å². The highest BCUT2D eigenvalue weighted by Crippen LogP contribution is 2.24. The summed E-state index contributed by atoms with van der Waals surface area (Å²) >= 11 is 0. The summed E-state index contributed by atoms with van der Waals surface area (Å²) in [5.41, 5.74) is 1.30. The number of morpholine rings is 1. The van der Waals surface area contributed by atoms with Crippen LogP contribution in [0.5, 0.6) is 0 Å². The molecule has 1 N–H and O–H groups in total. The van der Waals surface area contributed by atoms with E-state index in [1.54, 1.807) is 6.26 Å². The SMILES string of the molecule is O=C(NCc1ccco1)N1C[C@H]2OCCN(Cc3ccccc3)[C@H]2C1. The summed E-state index contributed by atoms with van der Waals surface area (Å²) in [6, 6.07) is 14.3. The molecule has 0 spiro atoms. The standard InChI is InChI=1S/C19H23N3O3/c23-19(20-11-16-7-4-9-24-16)22-13-17-18(14-22)25-10-8-21(17)12-15-5-2-1-3-6-15/h1-7,9,17-18H,8,10-14H2,(H,20,23)/t17-,18+/m0/s1. The van der Waals surface area contributed by atoms with Crippen LogP contribution in [0.2, 0.25) is 0 Å². The predicted molar refractivity (Wildman–Crippen MR) is 92.9 cm³/mol. The summed E-state index contributed by atoms with van der Waals surface area (Å²) in [6.07, 6.45) is 1.70. The number of ether oxygens (including phenoxy) is 1. The lowest BCUT2D eigenvalue weighted by Gasteiger charge is -2.36. The monoisotopic (exact) mass is 341 g/mol. The van der Waals surface area contributed by atoms with Crippen LogP contribution in [0.4, 0.5) is 4.79 Å². The number of carbonyl (C=O) groups is 1. The van der Waals surface area contributed by atoms with Crippen molar-refractivity contribution in [3.63, 3.8) is 0 Å². The van der Waals surface area contributed by atoms with Crippen molar-refractivity contribution < 1.29 is 13.9 Å². The predicted octanol–water partition coefficient (Wildman–Crippen LogP) is 2.07. The first kappa shape index (κ1) is 16.2. The Kier molecular flexibility index (Phi) is 4.72. The van der Waals surface area contributed by atoms with Crippen LogP contribution < -0.4 is 5.32 Å². The van der Waals surface area contributed by atoms with Crippen LogP contribution in [0.1, 0.15) is 11.3 Å². The third kappa shape index (κ3) is 3.70. The summed E-state index contributed by atoms with van der Waals surface area (Å²) in [7, 11) is 0. The van der Waals surface area contributed by atoms with Crippen LogP contribution in [0, 0.1) is 0 Å². The average Bonchev–Trinajstić information content (AvgIpc) is 3.30. The Bertz CT molecular complexity index is 689. The van der Waals surface area contributed by atoms with Gasteiger partial charge in [0.25, 0.3) is 0 Å². The number of hydrogen-bond acceptors (Lipinski definition) is 4. The molecule has 3 heterocycles. The van der Waals surface area contributed by atoms with Gasteiger partial charge in [-0.25, -0.2) is 4.79 Å². The van der Waals surface area contributed by atoms with E-state index in [1.807, 2.05) is 23.1 Å². The van der Waals surface area contributed by atoms with Gasteiger partial charge in [-0.3, -0.25) is 4.90 Å². The van der Waals surface area contributed by atoms with Crippen LogP contribution >= 0.6 is 0 Å². The van der Waals surface area contributed by atoms with E-state index in [0.29, 0.717) is 19.6 Å². The second-order valence-corrected chi connectivity index (χ2v) is 6.58. The Labute approximate surface area is 147 Å². The Morgan fingerprint density at radius 3 is 2.84 bits per heavy atom. The summed E-state index contributed by atoms with van der Waals surface area (Å²) in [6.45, 7) is 4.26. The molecule has 6 nitrogen and oxygen atoms in total. The highest BCUT2D eigenvalue weighted by molar-refractivity contribution is 5.74. The molecule has 0 aliphatic carbocycles. The van der Waals surface area contributed by atoms with Gasteiger partial charge in [0.1, 0.15) is 5.76 Å². The van der Waals surface area contributed by atoms with Crippen molar-refractivity contribution in [2.45, 2.75) is 25.2 Å². The van der Waals surface area contributed by atoms with Gasteiger partial charge in [0, 0.05) is 19.6 Å². The number of nitrogens with one attached hydrogen (secondary N) is 1. The topological polar surface area (TPSA) is 58.0 Å². The van der Waals surface area contributed by atoms with Crippen LogP contribution in [0.15, 0.2) is 53.1 Å². The lowest BCUT2D eigenvalue weighted by molar-refractivity contribution is -0.0503. The van der Waals surface area contributed by atoms with E-state index in [-0.39, 0.29) is 18.2 Å². The number of furan rings is 1. The van der Waals surface area contributed by atoms with Crippen molar-refractivity contribution in [3.05, 3.63) is 60.1 Å². The van der Waals surface area contributed by atoms with E-state index in [1.165, 1.54) is 5.56 Å². The molecule has 0 bridgehead atoms. The van der Waals surface area contributed by atoms with Crippen LogP contribution in [-0.4, -0.2) is 54.2 Å². The third-order valence-corrected chi connectivity index (χ3v) is 4.93. The molecule has 2 atom stereocenters. The molecule has 0 radical (unpaired) electrons. The highest BCUT2D eigenvalue weighted by Gasteiger charge is 2.41. The smallest absolute Gasteiger partial charge is 0.317 e. The number of likely N-dealkylation sites (tertiary alicyclic amines) is 1. The second kappa shape index (κ2) is 7.29. The third-order valence-electron chi connectivity index (χ3n) is 4.93. The normalized spacial score (nSPS) is 23.4. The number of carbonyl (C=O) groups excluding carboxylic acids is 1. The Morgan fingerprint density at radius 1 is 1.16 bits per heavy atom. The first-order chi connectivity index (χ1) is 12.3. The fourth-order valence-electron chi connectivity index (χ4n) is 3.63. The number of fused-ring (bicyclic) bond motifs is 1. The molecule has 25 heavy (non-hydrogen) atoms. The van der Waals surface area contributed by atoms with Gasteiger partial charge < -0.3 is 19.4 Å². The summed E-state index contributed by atoms with van der Waals surface area (Å²) in [4.78, 5) is 16.7. The second-order valence-electron chi connectivity index (χ2n) is 6.58. The fraction of sp³-hybridized carbons (Fsp3) is 0.421. The summed E-state index contributed by atoms with van der Waals surface area (Å²) in [5.74, 6) is 0.756. The molecule has 2 saturated heterocycles. The minimum atomic E-state index is -0.0611. The van der Waals surface area contributed by atoms with E-state index >= 15 is 0 Å². The number of benzene rings is 1. The van der Waals surface area contributed by atoms with Gasteiger partial charge in [-0.15, -0.1) is 0 Å². The maximum Gasteiger partial charge on any atom is 0.317 e. The molecule has 2 fully saturated rings. The van der Waals surface area contributed by atoms with E-state index < -0.39 is 0 Å². The van der Waals surface area contributed by atoms with Crippen LogP contribution in [0.3, 0.4) is 0 Å². The zero-order valence-electron chi connectivity index (χ0n) is 14.1. The first-order valence-electron chi connectivity index (χ1n) is 8.74. The Balaban J connectivity index is 1.36. The maximum atomic E-state index is 12.4. The van der Waals surface area contributed by atoms with Gasteiger partial charge >= 0.3 is 6.03 Å². The molecule has 2 aliphatic rings. The number of rotatable bonds is 4. The zero-order chi connectivity index (χ0) is 17.1. The average molecular weight is 341 g/mol. The molecule has 0 saturated carbocycles. The number of urea groups is 1. The Morgan fingerprint density at radius 2 is 2.04 bits per heavy atom.